The second kappa shape index (κ2) is 14.0. The molecule has 0 aliphatic heterocycles. The van der Waals surface area contributed by atoms with Crippen LogP contribution in [0.5, 0.6) is 0 Å². The van der Waals surface area contributed by atoms with Gasteiger partial charge in [0.05, 0.1) is 12.5 Å². The fraction of sp³-hybridized carbons (Fsp3) is 0.0811. The fourth-order valence-corrected chi connectivity index (χ4v) is 4.66. The molecule has 42 heavy (non-hydrogen) atoms. The molecule has 0 bridgehead atoms. The van der Waals surface area contributed by atoms with Crippen LogP contribution in [-0.4, -0.2) is 0 Å². The Morgan fingerprint density at radius 1 is 0.857 bits per heavy atom. The number of fused-ring (bicyclic) bond motifs is 1. The molecule has 0 amide bonds. The van der Waals surface area contributed by atoms with Crippen LogP contribution in [0.3, 0.4) is 0 Å². The first-order valence-corrected chi connectivity index (χ1v) is 13.6. The lowest BCUT2D eigenvalue weighted by Crippen LogP contribution is -1.94. The summed E-state index contributed by atoms with van der Waals surface area (Å²) in [5.41, 5.74) is 20.3. The van der Waals surface area contributed by atoms with Gasteiger partial charge in [0, 0.05) is 10.9 Å². The molecule has 206 valence electrons. The smallest absolute Gasteiger partial charge is 0.135 e. The molecule has 0 aliphatic carbocycles. The van der Waals surface area contributed by atoms with Crippen molar-refractivity contribution in [2.45, 2.75) is 20.3 Å². The predicted molar refractivity (Wildman–Crippen MR) is 175 cm³/mol. The van der Waals surface area contributed by atoms with Gasteiger partial charge in [-0.3, -0.25) is 0 Å². The van der Waals surface area contributed by atoms with Crippen molar-refractivity contribution in [2.24, 2.45) is 11.5 Å². The Morgan fingerprint density at radius 3 is 2.19 bits per heavy atom. The van der Waals surface area contributed by atoms with Crippen molar-refractivity contribution in [3.63, 3.8) is 0 Å². The quantitative estimate of drug-likeness (QED) is 0.160. The molecule has 5 nitrogen and oxygen atoms in total. The van der Waals surface area contributed by atoms with Crippen LogP contribution in [0.15, 0.2) is 113 Å². The first-order chi connectivity index (χ1) is 20.5. The average molecular weight is 549 g/mol. The van der Waals surface area contributed by atoms with Gasteiger partial charge in [-0.25, -0.2) is 0 Å². The lowest BCUT2D eigenvalue weighted by atomic mass is 9.98. The van der Waals surface area contributed by atoms with Crippen molar-refractivity contribution in [2.75, 3.05) is 0 Å². The number of rotatable bonds is 9. The van der Waals surface area contributed by atoms with Crippen LogP contribution < -0.4 is 11.5 Å². The lowest BCUT2D eigenvalue weighted by molar-refractivity contribution is 0.603. The normalized spacial score (nSPS) is 12.9. The minimum Gasteiger partial charge on any atom is -0.456 e. The second-order valence-electron chi connectivity index (χ2n) is 9.46. The van der Waals surface area contributed by atoms with Gasteiger partial charge >= 0.3 is 0 Å². The molecule has 1 heterocycles. The molecule has 4 aromatic rings. The van der Waals surface area contributed by atoms with Gasteiger partial charge in [0.2, 0.25) is 0 Å². The average Bonchev–Trinajstić information content (AvgIpc) is 3.37. The number of allylic oxidation sites excluding steroid dienone is 8. The summed E-state index contributed by atoms with van der Waals surface area (Å²) in [7, 11) is 0. The Bertz CT molecular complexity index is 1830. The lowest BCUT2D eigenvalue weighted by Gasteiger charge is -2.06. The molecule has 0 fully saturated rings. The SMILES string of the molecule is C/C=C\c1oc2ccc(-c3ccc(C(/C=C(\N)C#N)=C/C)cc3)cc2c1/C=C/c1ccc(C(/C=C\N)=C/CC#N)cc1. The minimum atomic E-state index is 0.173. The van der Waals surface area contributed by atoms with Crippen molar-refractivity contribution < 1.29 is 4.42 Å². The standard InChI is InChI=1S/C37H32N4O/c1-3-6-36-34(18-10-26-8-11-30(12-9-26)28(20-22-39)7-5-21-38)35-24-32(17-19-37(35)42-36)31-15-13-29(14-16-31)27(4-2)23-33(41)25-40/h3-4,6-20,22-24H,5,39,41H2,1-2H3/b6-3-,18-10+,22-20-,27-4+,28-7+,33-23-. The van der Waals surface area contributed by atoms with Gasteiger partial charge in [0.1, 0.15) is 23.1 Å². The third-order valence-corrected chi connectivity index (χ3v) is 6.75. The zero-order valence-corrected chi connectivity index (χ0v) is 23.7. The Kier molecular flexibility index (Phi) is 9.76. The molecular formula is C37H32N4O. The van der Waals surface area contributed by atoms with Crippen molar-refractivity contribution in [1.29, 1.82) is 10.5 Å². The van der Waals surface area contributed by atoms with Crippen LogP contribution in [0, 0.1) is 22.7 Å². The first-order valence-electron chi connectivity index (χ1n) is 13.6. The summed E-state index contributed by atoms with van der Waals surface area (Å²) in [6.45, 7) is 3.89. The highest BCUT2D eigenvalue weighted by atomic mass is 16.3. The zero-order valence-electron chi connectivity index (χ0n) is 23.7. The van der Waals surface area contributed by atoms with E-state index in [0.29, 0.717) is 6.42 Å². The maximum atomic E-state index is 9.04. The third-order valence-electron chi connectivity index (χ3n) is 6.75. The highest BCUT2D eigenvalue weighted by Gasteiger charge is 2.12. The van der Waals surface area contributed by atoms with Crippen LogP contribution in [0.25, 0.3) is 51.5 Å². The molecule has 0 saturated carbocycles. The predicted octanol–water partition coefficient (Wildman–Crippen LogP) is 8.84. The number of nitrogens with zero attached hydrogens (tertiary/aromatic N) is 2. The van der Waals surface area contributed by atoms with E-state index >= 15 is 0 Å². The number of hydrogen-bond acceptors (Lipinski definition) is 5. The van der Waals surface area contributed by atoms with Crippen molar-refractivity contribution in [1.82, 2.24) is 0 Å². The van der Waals surface area contributed by atoms with E-state index in [0.717, 1.165) is 61.3 Å². The second-order valence-corrected chi connectivity index (χ2v) is 9.46. The van der Waals surface area contributed by atoms with Crippen molar-refractivity contribution >= 4 is 40.3 Å². The van der Waals surface area contributed by atoms with E-state index in [-0.39, 0.29) is 5.70 Å². The van der Waals surface area contributed by atoms with Crippen LogP contribution >= 0.6 is 0 Å². The Hall–Kier alpha value is -5.78. The topological polar surface area (TPSA) is 113 Å². The van der Waals surface area contributed by atoms with Crippen LogP contribution in [0.2, 0.25) is 0 Å². The summed E-state index contributed by atoms with van der Waals surface area (Å²) in [6, 6.07) is 26.7. The maximum Gasteiger partial charge on any atom is 0.135 e. The van der Waals surface area contributed by atoms with Crippen LogP contribution in [0.1, 0.15) is 48.3 Å². The molecule has 0 unspecified atom stereocenters. The minimum absolute atomic E-state index is 0.173. The zero-order chi connectivity index (χ0) is 29.9. The molecule has 3 aromatic carbocycles. The summed E-state index contributed by atoms with van der Waals surface area (Å²) < 4.78 is 6.20. The van der Waals surface area contributed by atoms with Crippen molar-refractivity contribution in [3.8, 4) is 23.3 Å². The molecular weight excluding hydrogens is 516 g/mol. The van der Waals surface area contributed by atoms with Gasteiger partial charge < -0.3 is 15.9 Å². The molecule has 0 aliphatic rings. The third kappa shape index (κ3) is 6.86. The van der Waals surface area contributed by atoms with Gasteiger partial charge in [0.25, 0.3) is 0 Å². The van der Waals surface area contributed by atoms with Gasteiger partial charge in [0.15, 0.2) is 0 Å². The molecule has 0 spiro atoms. The van der Waals surface area contributed by atoms with Crippen LogP contribution in [0.4, 0.5) is 0 Å². The van der Waals surface area contributed by atoms with Gasteiger partial charge in [-0.2, -0.15) is 10.5 Å². The molecule has 4 rings (SSSR count). The molecule has 4 N–H and O–H groups in total. The highest BCUT2D eigenvalue weighted by Crippen LogP contribution is 2.33. The number of furan rings is 1. The summed E-state index contributed by atoms with van der Waals surface area (Å²) in [6.07, 6.45) is 17.2. The van der Waals surface area contributed by atoms with E-state index in [1.54, 1.807) is 12.2 Å². The Morgan fingerprint density at radius 2 is 1.55 bits per heavy atom. The van der Waals surface area contributed by atoms with Crippen LogP contribution in [-0.2, 0) is 0 Å². The highest BCUT2D eigenvalue weighted by molar-refractivity contribution is 5.96. The number of hydrogen-bond donors (Lipinski definition) is 2. The summed E-state index contributed by atoms with van der Waals surface area (Å²) in [5, 5.41) is 19.0. The Labute approximate surface area is 247 Å². The van der Waals surface area contributed by atoms with E-state index in [9.17, 15) is 0 Å². The van der Waals surface area contributed by atoms with Gasteiger partial charge in [-0.1, -0.05) is 78.9 Å². The van der Waals surface area contributed by atoms with E-state index in [2.05, 4.69) is 42.5 Å². The van der Waals surface area contributed by atoms with Gasteiger partial charge in [-0.05, 0) is 95.4 Å². The van der Waals surface area contributed by atoms with E-state index in [4.69, 9.17) is 26.4 Å². The Balaban J connectivity index is 1.67. The molecule has 0 atom stereocenters. The number of benzene rings is 3. The molecule has 1 aromatic heterocycles. The molecule has 5 heteroatoms. The fourth-order valence-electron chi connectivity index (χ4n) is 4.66. The largest absolute Gasteiger partial charge is 0.456 e. The van der Waals surface area contributed by atoms with E-state index < -0.39 is 0 Å². The molecule has 0 radical (unpaired) electrons. The van der Waals surface area contributed by atoms with Gasteiger partial charge in [-0.15, -0.1) is 0 Å². The maximum absolute atomic E-state index is 9.04. The number of nitriles is 2. The first kappa shape index (κ1) is 29.2. The molecule has 0 saturated heterocycles. The summed E-state index contributed by atoms with van der Waals surface area (Å²) >= 11 is 0. The number of nitrogens with two attached hydrogens (primary N) is 2. The van der Waals surface area contributed by atoms with E-state index in [1.165, 1.54) is 6.20 Å². The summed E-state index contributed by atoms with van der Waals surface area (Å²) in [4.78, 5) is 0. The van der Waals surface area contributed by atoms with E-state index in [1.807, 2.05) is 86.7 Å². The summed E-state index contributed by atoms with van der Waals surface area (Å²) in [5.74, 6) is 0.794. The monoisotopic (exact) mass is 548 g/mol. The van der Waals surface area contributed by atoms with Crippen molar-refractivity contribution in [3.05, 3.63) is 137 Å².